The Labute approximate surface area is 618 Å². The Bertz CT molecular complexity index is 2410. The number of rotatable bonds is 4. The molecular formula is C92H132F6O4. The van der Waals surface area contributed by atoms with E-state index in [0.717, 1.165) is 13.2 Å². The highest BCUT2D eigenvalue weighted by Gasteiger charge is 2.64. The van der Waals surface area contributed by atoms with E-state index in [1.165, 1.54) is 32.7 Å². The molecule has 10 heteroatoms. The van der Waals surface area contributed by atoms with Gasteiger partial charge in [0, 0.05) is 48.1 Å². The highest BCUT2D eigenvalue weighted by molar-refractivity contribution is 6.05. The summed E-state index contributed by atoms with van der Waals surface area (Å²) in [6, 6.07) is 113. The van der Waals surface area contributed by atoms with Crippen LogP contribution in [-0.2, 0) is 18.9 Å². The number of hydrogen-bond acceptors (Lipinski definition) is 4. The molecule has 0 unspecified atom stereocenters. The molecule has 0 aliphatic rings. The van der Waals surface area contributed by atoms with Gasteiger partial charge in [0.05, 0.1) is 13.2 Å². The standard InChI is InChI=1S/C16H14.C7H16O2.8C6H6.C5H6F6.2C2H6O.6C2H6/c1-11-13-7-3-5-9-15(13)12(2)16-10-6-4-8-14(11)16;1-7(2,5-8-3)6-9-4;8*1-2-4-6-5-3-1;1-3(2,4(6,7)8)5(9,10)11;2*1-3-2;6*1-2/h3-10H,1-2H3;5-6H2,1-4H3;8*1-6H;1-2H3;2*1-2H3;6*1-2H3. The molecule has 11 rings (SSSR count). The van der Waals surface area contributed by atoms with Crippen molar-refractivity contribution >= 4 is 21.5 Å². The van der Waals surface area contributed by atoms with Crippen LogP contribution >= 0.6 is 0 Å². The number of benzene rings is 11. The van der Waals surface area contributed by atoms with Gasteiger partial charge in [0.2, 0.25) is 0 Å². The fourth-order valence-corrected chi connectivity index (χ4v) is 6.63. The van der Waals surface area contributed by atoms with Crippen molar-refractivity contribution < 1.29 is 45.3 Å². The van der Waals surface area contributed by atoms with Gasteiger partial charge in [0.1, 0.15) is 0 Å². The van der Waals surface area contributed by atoms with Gasteiger partial charge in [0.15, 0.2) is 5.41 Å². The van der Waals surface area contributed by atoms with E-state index in [9.17, 15) is 26.3 Å². The topological polar surface area (TPSA) is 36.9 Å². The van der Waals surface area contributed by atoms with Crippen LogP contribution < -0.4 is 0 Å². The Kier molecular flexibility index (Phi) is 90.8. The van der Waals surface area contributed by atoms with E-state index in [-0.39, 0.29) is 19.3 Å². The van der Waals surface area contributed by atoms with Crippen LogP contribution in [0.3, 0.4) is 0 Å². The lowest BCUT2D eigenvalue weighted by atomic mass is 9.92. The van der Waals surface area contributed by atoms with Crippen LogP contribution in [0.4, 0.5) is 26.3 Å². The van der Waals surface area contributed by atoms with Crippen LogP contribution in [0.15, 0.2) is 340 Å². The zero-order chi connectivity index (χ0) is 79.3. The Morgan fingerprint density at radius 2 is 0.314 bits per heavy atom. The molecule has 0 heterocycles. The van der Waals surface area contributed by atoms with Gasteiger partial charge in [-0.1, -0.05) is 437 Å². The van der Waals surface area contributed by atoms with Crippen LogP contribution in [0.25, 0.3) is 21.5 Å². The second-order valence-corrected chi connectivity index (χ2v) is 20.0. The molecule has 0 aliphatic carbocycles. The van der Waals surface area contributed by atoms with Crippen molar-refractivity contribution in [1.29, 1.82) is 0 Å². The van der Waals surface area contributed by atoms with Crippen molar-refractivity contribution in [3.63, 3.8) is 0 Å². The van der Waals surface area contributed by atoms with Crippen molar-refractivity contribution in [3.05, 3.63) is 351 Å². The first-order valence-corrected chi connectivity index (χ1v) is 35.0. The van der Waals surface area contributed by atoms with E-state index >= 15 is 0 Å². The predicted molar refractivity (Wildman–Crippen MR) is 440 cm³/mol. The van der Waals surface area contributed by atoms with E-state index in [4.69, 9.17) is 9.47 Å². The van der Waals surface area contributed by atoms with Crippen LogP contribution in [0.2, 0.25) is 0 Å². The third kappa shape index (κ3) is 69.8. The van der Waals surface area contributed by atoms with Crippen molar-refractivity contribution in [1.82, 2.24) is 0 Å². The Morgan fingerprint density at radius 1 is 0.216 bits per heavy atom. The molecule has 0 amide bonds. The summed E-state index contributed by atoms with van der Waals surface area (Å²) in [5, 5.41) is 5.50. The molecule has 11 aromatic rings. The van der Waals surface area contributed by atoms with Crippen LogP contribution in [0.1, 0.15) is 122 Å². The number of methoxy groups -OCH3 is 4. The SMILES string of the molecule is CC.CC.CC.CC.CC.CC.CC(C)(C(F)(F)F)C(F)(F)F.COC.COC.COCC(C)(C)COC.Cc1c2ccccc2c(C)c2ccccc12.c1ccccc1.c1ccccc1.c1ccccc1.c1ccccc1.c1ccccc1.c1ccccc1.c1ccccc1.c1ccccc1. The number of ether oxygens (including phenoxy) is 4. The molecule has 0 radical (unpaired) electrons. The lowest BCUT2D eigenvalue weighted by Gasteiger charge is -2.29. The third-order valence-corrected chi connectivity index (χ3v) is 11.3. The average molecular weight is 1420 g/mol. The summed E-state index contributed by atoms with van der Waals surface area (Å²) < 4.78 is 88.1. The molecule has 0 saturated carbocycles. The summed E-state index contributed by atoms with van der Waals surface area (Å²) >= 11 is 0. The first-order chi connectivity index (χ1) is 49.2. The van der Waals surface area contributed by atoms with Gasteiger partial charge < -0.3 is 18.9 Å². The molecule has 0 spiro atoms. The summed E-state index contributed by atoms with van der Waals surface area (Å²) in [6.45, 7) is 34.4. The van der Waals surface area contributed by atoms with Crippen LogP contribution in [-0.4, -0.2) is 68.2 Å². The monoisotopic (exact) mass is 1420 g/mol. The molecule has 4 nitrogen and oxygen atoms in total. The molecule has 0 fully saturated rings. The Hall–Kier alpha value is -8.64. The summed E-state index contributed by atoms with van der Waals surface area (Å²) in [5.41, 5.74) is -0.697. The average Bonchev–Trinajstić information content (AvgIpc) is 0.780. The number of halogens is 6. The second-order valence-electron chi connectivity index (χ2n) is 20.0. The predicted octanol–water partition coefficient (Wildman–Crippen LogP) is 29.2. The highest BCUT2D eigenvalue weighted by atomic mass is 19.4. The third-order valence-electron chi connectivity index (χ3n) is 11.3. The first kappa shape index (κ1) is 109. The van der Waals surface area contributed by atoms with Crippen molar-refractivity contribution in [3.8, 4) is 0 Å². The first-order valence-electron chi connectivity index (χ1n) is 35.0. The molecule has 0 aliphatic heterocycles. The lowest BCUT2D eigenvalue weighted by molar-refractivity contribution is -0.327. The Morgan fingerprint density at radius 3 is 0.382 bits per heavy atom. The van der Waals surface area contributed by atoms with Crippen molar-refractivity contribution in [2.45, 2.75) is 137 Å². The smallest absolute Gasteiger partial charge is 0.388 e. The minimum Gasteiger partial charge on any atom is -0.388 e. The zero-order valence-corrected chi connectivity index (χ0v) is 66.6. The molecule has 0 N–H and O–H groups in total. The second kappa shape index (κ2) is 84.8. The fraction of sp³-hybridized carbons (Fsp3) is 0.326. The van der Waals surface area contributed by atoms with Gasteiger partial charge in [-0.15, -0.1) is 0 Å². The number of aryl methyl sites for hydroxylation is 2. The van der Waals surface area contributed by atoms with Gasteiger partial charge in [-0.05, 0) is 60.4 Å². The van der Waals surface area contributed by atoms with Gasteiger partial charge in [-0.3, -0.25) is 0 Å². The lowest BCUT2D eigenvalue weighted by Crippen LogP contribution is -2.44. The van der Waals surface area contributed by atoms with E-state index < -0.39 is 17.8 Å². The van der Waals surface area contributed by atoms with E-state index in [0.29, 0.717) is 0 Å². The number of alkyl halides is 6. The number of fused-ring (bicyclic) bond motifs is 2. The van der Waals surface area contributed by atoms with Crippen molar-refractivity contribution in [2.24, 2.45) is 10.8 Å². The van der Waals surface area contributed by atoms with Gasteiger partial charge in [-0.25, -0.2) is 0 Å². The number of hydrogen-bond donors (Lipinski definition) is 0. The fourth-order valence-electron chi connectivity index (χ4n) is 6.63. The van der Waals surface area contributed by atoms with Crippen molar-refractivity contribution in [2.75, 3.05) is 55.9 Å². The summed E-state index contributed by atoms with van der Waals surface area (Å²) in [4.78, 5) is 0. The van der Waals surface area contributed by atoms with Gasteiger partial charge in [-0.2, -0.15) is 26.3 Å². The molecule has 0 saturated heterocycles. The quantitative estimate of drug-likeness (QED) is 0.130. The molecule has 566 valence electrons. The van der Waals surface area contributed by atoms with Crippen LogP contribution in [0.5, 0.6) is 0 Å². The minimum absolute atomic E-state index is 0.104. The largest absolute Gasteiger partial charge is 0.402 e. The van der Waals surface area contributed by atoms with E-state index in [1.807, 2.05) is 374 Å². The maximum Gasteiger partial charge on any atom is 0.402 e. The Balaban J connectivity index is -0.000000158. The molecule has 0 aromatic heterocycles. The maximum absolute atomic E-state index is 11.6. The molecular weight excluding hydrogens is 1280 g/mol. The minimum atomic E-state index is -5.24. The molecule has 102 heavy (non-hydrogen) atoms. The summed E-state index contributed by atoms with van der Waals surface area (Å²) in [6.07, 6.45) is -10.5. The zero-order valence-electron chi connectivity index (χ0n) is 66.6. The van der Waals surface area contributed by atoms with Gasteiger partial charge in [0.25, 0.3) is 0 Å². The normalized spacial score (nSPS) is 8.92. The molecule has 11 aromatic carbocycles. The molecule has 0 bridgehead atoms. The van der Waals surface area contributed by atoms with E-state index in [1.54, 1.807) is 42.7 Å². The maximum atomic E-state index is 11.6. The highest BCUT2D eigenvalue weighted by Crippen LogP contribution is 2.49. The van der Waals surface area contributed by atoms with Crippen LogP contribution in [0, 0.1) is 24.7 Å². The summed E-state index contributed by atoms with van der Waals surface area (Å²) in [5.74, 6) is 0. The van der Waals surface area contributed by atoms with Gasteiger partial charge >= 0.3 is 12.4 Å². The summed E-state index contributed by atoms with van der Waals surface area (Å²) in [7, 11) is 9.91. The van der Waals surface area contributed by atoms with E-state index in [2.05, 4.69) is 85.7 Å². The molecule has 0 atom stereocenters.